The van der Waals surface area contributed by atoms with E-state index in [1.54, 1.807) is 14.0 Å². The molecule has 0 aromatic heterocycles. The Kier molecular flexibility index (Phi) is 5.98. The topological polar surface area (TPSA) is 47.6 Å². The lowest BCUT2D eigenvalue weighted by atomic mass is 10.2. The molecule has 0 aliphatic heterocycles. The van der Waals surface area contributed by atoms with Crippen molar-refractivity contribution in [3.8, 4) is 5.75 Å². The molecule has 0 spiro atoms. The van der Waals surface area contributed by atoms with E-state index in [1.165, 1.54) is 0 Å². The highest BCUT2D eigenvalue weighted by molar-refractivity contribution is 9.10. The van der Waals surface area contributed by atoms with E-state index in [0.29, 0.717) is 6.61 Å². The van der Waals surface area contributed by atoms with Gasteiger partial charge in [-0.2, -0.15) is 0 Å². The smallest absolute Gasteiger partial charge is 0.253 e. The van der Waals surface area contributed by atoms with Gasteiger partial charge in [-0.3, -0.25) is 4.79 Å². The fraction of sp³-hybridized carbons (Fsp3) is 0.235. The van der Waals surface area contributed by atoms with Gasteiger partial charge in [0.2, 0.25) is 0 Å². The summed E-state index contributed by atoms with van der Waals surface area (Å²) in [7, 11) is 1.62. The van der Waals surface area contributed by atoms with Crippen molar-refractivity contribution in [1.29, 1.82) is 0 Å². The zero-order valence-electron chi connectivity index (χ0n) is 12.5. The third-order valence-corrected chi connectivity index (χ3v) is 3.83. The lowest BCUT2D eigenvalue weighted by Gasteiger charge is -2.14. The molecule has 2 rings (SSSR count). The molecular formula is C17H18BrNO3. The maximum atomic E-state index is 12.1. The average Bonchev–Trinajstić information content (AvgIpc) is 2.54. The van der Waals surface area contributed by atoms with Gasteiger partial charge in [-0.1, -0.05) is 24.3 Å². The highest BCUT2D eigenvalue weighted by atomic mass is 79.9. The number of methoxy groups -OCH3 is 1. The van der Waals surface area contributed by atoms with Crippen LogP contribution < -0.4 is 10.1 Å². The Morgan fingerprint density at radius 2 is 2.00 bits per heavy atom. The van der Waals surface area contributed by atoms with Gasteiger partial charge in [0.1, 0.15) is 11.9 Å². The maximum Gasteiger partial charge on any atom is 0.253 e. The van der Waals surface area contributed by atoms with Gasteiger partial charge >= 0.3 is 0 Å². The summed E-state index contributed by atoms with van der Waals surface area (Å²) in [5.41, 5.74) is 1.68. The number of rotatable bonds is 6. The molecule has 116 valence electrons. The van der Waals surface area contributed by atoms with Crippen LogP contribution >= 0.6 is 15.9 Å². The minimum atomic E-state index is -0.557. The number of halogens is 1. The van der Waals surface area contributed by atoms with Crippen molar-refractivity contribution in [2.75, 3.05) is 12.4 Å². The SMILES string of the molecule is COc1cccc(COC(C)C(=O)Nc2ccccc2Br)c1. The number of hydrogen-bond donors (Lipinski definition) is 1. The zero-order chi connectivity index (χ0) is 15.9. The monoisotopic (exact) mass is 363 g/mol. The summed E-state index contributed by atoms with van der Waals surface area (Å²) in [4.78, 5) is 12.1. The van der Waals surface area contributed by atoms with Gasteiger partial charge in [-0.25, -0.2) is 0 Å². The van der Waals surface area contributed by atoms with Crippen LogP contribution in [0.3, 0.4) is 0 Å². The summed E-state index contributed by atoms with van der Waals surface area (Å²) in [5, 5.41) is 2.83. The van der Waals surface area contributed by atoms with Crippen molar-refractivity contribution in [2.24, 2.45) is 0 Å². The van der Waals surface area contributed by atoms with Crippen molar-refractivity contribution in [3.63, 3.8) is 0 Å². The molecule has 5 heteroatoms. The van der Waals surface area contributed by atoms with Gasteiger partial charge in [0.15, 0.2) is 0 Å². The molecule has 1 amide bonds. The average molecular weight is 364 g/mol. The summed E-state index contributed by atoms with van der Waals surface area (Å²) in [6.07, 6.45) is -0.557. The molecule has 1 atom stereocenters. The zero-order valence-corrected chi connectivity index (χ0v) is 14.1. The molecular weight excluding hydrogens is 346 g/mol. The summed E-state index contributed by atoms with van der Waals surface area (Å²) in [5.74, 6) is 0.584. The van der Waals surface area contributed by atoms with E-state index < -0.39 is 6.10 Å². The molecule has 0 saturated heterocycles. The number of nitrogens with one attached hydrogen (secondary N) is 1. The van der Waals surface area contributed by atoms with Crippen LogP contribution in [-0.4, -0.2) is 19.1 Å². The summed E-state index contributed by atoms with van der Waals surface area (Å²) < 4.78 is 11.6. The lowest BCUT2D eigenvalue weighted by molar-refractivity contribution is -0.127. The first-order valence-corrected chi connectivity index (χ1v) is 7.69. The molecule has 0 fully saturated rings. The van der Waals surface area contributed by atoms with Crippen molar-refractivity contribution < 1.29 is 14.3 Å². The molecule has 0 aliphatic carbocycles. The van der Waals surface area contributed by atoms with Crippen LogP contribution in [0.15, 0.2) is 53.0 Å². The van der Waals surface area contributed by atoms with E-state index in [1.807, 2.05) is 48.5 Å². The number of carbonyl (C=O) groups excluding carboxylic acids is 1. The maximum absolute atomic E-state index is 12.1. The fourth-order valence-corrected chi connectivity index (χ4v) is 2.24. The minimum absolute atomic E-state index is 0.185. The Labute approximate surface area is 138 Å². The van der Waals surface area contributed by atoms with Crippen molar-refractivity contribution in [1.82, 2.24) is 0 Å². The van der Waals surface area contributed by atoms with Crippen LogP contribution in [0.5, 0.6) is 5.75 Å². The quantitative estimate of drug-likeness (QED) is 0.843. The molecule has 0 radical (unpaired) electrons. The fourth-order valence-electron chi connectivity index (χ4n) is 1.86. The van der Waals surface area contributed by atoms with Crippen molar-refractivity contribution >= 4 is 27.5 Å². The normalized spacial score (nSPS) is 11.8. The van der Waals surface area contributed by atoms with Crippen LogP contribution in [0, 0.1) is 0 Å². The Balaban J connectivity index is 1.90. The first kappa shape index (κ1) is 16.5. The lowest BCUT2D eigenvalue weighted by Crippen LogP contribution is -2.27. The first-order valence-electron chi connectivity index (χ1n) is 6.90. The summed E-state index contributed by atoms with van der Waals surface area (Å²) in [6.45, 7) is 2.08. The molecule has 1 N–H and O–H groups in total. The van der Waals surface area contributed by atoms with Crippen molar-refractivity contribution in [2.45, 2.75) is 19.6 Å². The van der Waals surface area contributed by atoms with Crippen LogP contribution in [0.2, 0.25) is 0 Å². The molecule has 0 aliphatic rings. The van der Waals surface area contributed by atoms with Gasteiger partial charge in [0, 0.05) is 4.47 Å². The molecule has 0 saturated carbocycles. The first-order chi connectivity index (χ1) is 10.6. The van der Waals surface area contributed by atoms with Crippen LogP contribution in [0.4, 0.5) is 5.69 Å². The van der Waals surface area contributed by atoms with E-state index in [-0.39, 0.29) is 5.91 Å². The predicted molar refractivity (Wildman–Crippen MR) is 90.0 cm³/mol. The van der Waals surface area contributed by atoms with E-state index in [0.717, 1.165) is 21.5 Å². The molecule has 22 heavy (non-hydrogen) atoms. The van der Waals surface area contributed by atoms with Crippen LogP contribution in [0.25, 0.3) is 0 Å². The standard InChI is InChI=1S/C17H18BrNO3/c1-12(17(20)19-16-9-4-3-8-15(16)18)22-11-13-6-5-7-14(10-13)21-2/h3-10,12H,11H2,1-2H3,(H,19,20). The molecule has 2 aromatic rings. The second-order valence-corrected chi connectivity index (χ2v) is 5.63. The van der Waals surface area contributed by atoms with Crippen LogP contribution in [0.1, 0.15) is 12.5 Å². The highest BCUT2D eigenvalue weighted by Gasteiger charge is 2.14. The summed E-state index contributed by atoms with van der Waals surface area (Å²) >= 11 is 3.40. The van der Waals surface area contributed by atoms with E-state index in [9.17, 15) is 4.79 Å². The Hall–Kier alpha value is -1.85. The molecule has 0 bridgehead atoms. The predicted octanol–water partition coefficient (Wildman–Crippen LogP) is 4.00. The summed E-state index contributed by atoms with van der Waals surface area (Å²) in [6, 6.07) is 15.0. The van der Waals surface area contributed by atoms with Gasteiger partial charge < -0.3 is 14.8 Å². The van der Waals surface area contributed by atoms with Crippen LogP contribution in [-0.2, 0) is 16.1 Å². The second kappa shape index (κ2) is 7.96. The number of benzene rings is 2. The van der Waals surface area contributed by atoms with E-state index >= 15 is 0 Å². The molecule has 1 unspecified atom stereocenters. The number of carbonyl (C=O) groups is 1. The number of amides is 1. The third kappa shape index (κ3) is 4.58. The molecule has 0 heterocycles. The van der Waals surface area contributed by atoms with E-state index in [4.69, 9.17) is 9.47 Å². The largest absolute Gasteiger partial charge is 0.497 e. The van der Waals surface area contributed by atoms with E-state index in [2.05, 4.69) is 21.2 Å². The van der Waals surface area contributed by atoms with Gasteiger partial charge in [0.25, 0.3) is 5.91 Å². The third-order valence-electron chi connectivity index (χ3n) is 3.14. The number of hydrogen-bond acceptors (Lipinski definition) is 3. The van der Waals surface area contributed by atoms with Crippen molar-refractivity contribution in [3.05, 3.63) is 58.6 Å². The second-order valence-electron chi connectivity index (χ2n) is 4.77. The van der Waals surface area contributed by atoms with Gasteiger partial charge in [0.05, 0.1) is 19.4 Å². The highest BCUT2D eigenvalue weighted by Crippen LogP contribution is 2.21. The number of anilines is 1. The van der Waals surface area contributed by atoms with Gasteiger partial charge in [-0.15, -0.1) is 0 Å². The molecule has 2 aromatic carbocycles. The van der Waals surface area contributed by atoms with Gasteiger partial charge in [-0.05, 0) is 52.7 Å². The Morgan fingerprint density at radius 1 is 1.23 bits per heavy atom. The number of para-hydroxylation sites is 1. The Bertz CT molecular complexity index is 645. The molecule has 4 nitrogen and oxygen atoms in total. The Morgan fingerprint density at radius 3 is 2.73 bits per heavy atom. The minimum Gasteiger partial charge on any atom is -0.497 e. The number of ether oxygens (including phenoxy) is 2.